The molecule has 0 bridgehead atoms. The lowest BCUT2D eigenvalue weighted by Gasteiger charge is -2.13. The Hall–Kier alpha value is -2.38. The van der Waals surface area contributed by atoms with E-state index in [-0.39, 0.29) is 12.3 Å². The van der Waals surface area contributed by atoms with Crippen LogP contribution in [0.4, 0.5) is 5.69 Å². The Morgan fingerprint density at radius 1 is 1.20 bits per heavy atom. The normalized spacial score (nSPS) is 10.5. The van der Waals surface area contributed by atoms with Crippen molar-refractivity contribution in [2.45, 2.75) is 13.3 Å². The zero-order valence-corrected chi connectivity index (χ0v) is 15.8. The molecule has 0 aliphatic carbocycles. The highest BCUT2D eigenvalue weighted by Crippen LogP contribution is 2.33. The maximum absolute atomic E-state index is 12.4. The molecule has 1 aromatic carbocycles. The molecule has 0 saturated carbocycles. The Morgan fingerprint density at radius 3 is 2.64 bits per heavy atom. The lowest BCUT2D eigenvalue weighted by molar-refractivity contribution is -0.115. The summed E-state index contributed by atoms with van der Waals surface area (Å²) in [5, 5.41) is 7.81. The van der Waals surface area contributed by atoms with Crippen molar-refractivity contribution in [3.05, 3.63) is 46.3 Å². The molecule has 7 heteroatoms. The van der Waals surface area contributed by atoms with E-state index in [0.29, 0.717) is 17.2 Å². The van der Waals surface area contributed by atoms with Crippen molar-refractivity contribution in [3.8, 4) is 21.4 Å². The van der Waals surface area contributed by atoms with Gasteiger partial charge in [0, 0.05) is 17.1 Å². The van der Waals surface area contributed by atoms with Gasteiger partial charge in [0.15, 0.2) is 11.5 Å². The topological polar surface area (TPSA) is 60.5 Å². The summed E-state index contributed by atoms with van der Waals surface area (Å²) >= 11 is 3.19. The monoisotopic (exact) mass is 374 g/mol. The zero-order chi connectivity index (χ0) is 17.8. The fourth-order valence-corrected chi connectivity index (χ4v) is 4.01. The number of carbonyl (C=O) groups excluding carboxylic acids is 1. The van der Waals surface area contributed by atoms with Crippen LogP contribution in [0.5, 0.6) is 11.5 Å². The number of methoxy groups -OCH3 is 2. The van der Waals surface area contributed by atoms with Crippen LogP contribution in [0.25, 0.3) is 9.88 Å². The first kappa shape index (κ1) is 17.4. The molecule has 0 aliphatic heterocycles. The summed E-state index contributed by atoms with van der Waals surface area (Å²) in [4.78, 5) is 18.0. The van der Waals surface area contributed by atoms with E-state index in [1.165, 1.54) is 0 Å². The van der Waals surface area contributed by atoms with E-state index in [0.717, 1.165) is 21.1 Å². The molecular formula is C18H18N2O3S2. The number of aromatic nitrogens is 1. The summed E-state index contributed by atoms with van der Waals surface area (Å²) < 4.78 is 10.6. The van der Waals surface area contributed by atoms with Gasteiger partial charge in [0.2, 0.25) is 5.91 Å². The number of rotatable bonds is 6. The fourth-order valence-electron chi connectivity index (χ4n) is 2.38. The Morgan fingerprint density at radius 2 is 1.96 bits per heavy atom. The number of anilines is 1. The Balaban J connectivity index is 1.71. The van der Waals surface area contributed by atoms with Crippen molar-refractivity contribution in [2.24, 2.45) is 0 Å². The van der Waals surface area contributed by atoms with Crippen molar-refractivity contribution >= 4 is 34.3 Å². The summed E-state index contributed by atoms with van der Waals surface area (Å²) in [6.45, 7) is 1.91. The third kappa shape index (κ3) is 4.00. The zero-order valence-electron chi connectivity index (χ0n) is 14.2. The number of carbonyl (C=O) groups is 1. The minimum atomic E-state index is -0.113. The highest BCUT2D eigenvalue weighted by Gasteiger charge is 2.13. The highest BCUT2D eigenvalue weighted by molar-refractivity contribution is 7.20. The second-order valence-corrected chi connectivity index (χ2v) is 7.17. The van der Waals surface area contributed by atoms with E-state index in [1.807, 2.05) is 35.9 Å². The largest absolute Gasteiger partial charge is 0.493 e. The van der Waals surface area contributed by atoms with E-state index in [4.69, 9.17) is 9.47 Å². The molecular weight excluding hydrogens is 356 g/mol. The summed E-state index contributed by atoms with van der Waals surface area (Å²) in [7, 11) is 3.16. The standard InChI is InChI=1S/C18H18N2O3S2/c1-11-7-14(22-2)15(23-3)9-13(11)20-17(21)8-12-10-25-18(19-12)16-5-4-6-24-16/h4-7,9-10H,8H2,1-3H3,(H,20,21). The van der Waals surface area contributed by atoms with Gasteiger partial charge in [-0.2, -0.15) is 0 Å². The van der Waals surface area contributed by atoms with Gasteiger partial charge in [-0.15, -0.1) is 22.7 Å². The van der Waals surface area contributed by atoms with Gasteiger partial charge < -0.3 is 14.8 Å². The van der Waals surface area contributed by atoms with Gasteiger partial charge in [0.05, 0.1) is 31.2 Å². The predicted octanol–water partition coefficient (Wildman–Crippen LogP) is 4.38. The molecule has 2 aromatic heterocycles. The van der Waals surface area contributed by atoms with Crippen LogP contribution >= 0.6 is 22.7 Å². The molecule has 3 aromatic rings. The Bertz CT molecular complexity index is 873. The minimum absolute atomic E-state index is 0.113. The Kier molecular flexibility index (Phi) is 5.35. The first-order valence-electron chi connectivity index (χ1n) is 7.61. The van der Waals surface area contributed by atoms with Gasteiger partial charge in [0.25, 0.3) is 0 Å². The van der Waals surface area contributed by atoms with Crippen LogP contribution in [-0.2, 0) is 11.2 Å². The molecule has 0 atom stereocenters. The number of amides is 1. The Labute approximate surface area is 154 Å². The van der Waals surface area contributed by atoms with Gasteiger partial charge in [-0.25, -0.2) is 4.98 Å². The van der Waals surface area contributed by atoms with Crippen molar-refractivity contribution < 1.29 is 14.3 Å². The SMILES string of the molecule is COc1cc(C)c(NC(=O)Cc2csc(-c3cccs3)n2)cc1OC. The molecule has 5 nitrogen and oxygen atoms in total. The third-order valence-electron chi connectivity index (χ3n) is 3.63. The molecule has 130 valence electrons. The third-order valence-corrected chi connectivity index (χ3v) is 5.56. The maximum Gasteiger partial charge on any atom is 0.230 e. The van der Waals surface area contributed by atoms with E-state index >= 15 is 0 Å². The molecule has 0 radical (unpaired) electrons. The van der Waals surface area contributed by atoms with Crippen LogP contribution in [0.2, 0.25) is 0 Å². The van der Waals surface area contributed by atoms with Crippen molar-refractivity contribution in [1.82, 2.24) is 4.98 Å². The van der Waals surface area contributed by atoms with Gasteiger partial charge in [-0.05, 0) is 30.0 Å². The van der Waals surface area contributed by atoms with Crippen LogP contribution in [0, 0.1) is 6.92 Å². The molecule has 1 N–H and O–H groups in total. The summed E-state index contributed by atoms with van der Waals surface area (Å²) in [6, 6.07) is 7.63. The van der Waals surface area contributed by atoms with E-state index in [1.54, 1.807) is 43.0 Å². The smallest absolute Gasteiger partial charge is 0.230 e. The van der Waals surface area contributed by atoms with Gasteiger partial charge in [-0.3, -0.25) is 4.79 Å². The summed E-state index contributed by atoms with van der Waals surface area (Å²) in [6.07, 6.45) is 0.232. The highest BCUT2D eigenvalue weighted by atomic mass is 32.1. The molecule has 3 rings (SSSR count). The maximum atomic E-state index is 12.4. The van der Waals surface area contributed by atoms with E-state index in [9.17, 15) is 4.79 Å². The fraction of sp³-hybridized carbons (Fsp3) is 0.222. The number of nitrogens with one attached hydrogen (secondary N) is 1. The first-order valence-corrected chi connectivity index (χ1v) is 9.37. The molecule has 0 saturated heterocycles. The summed E-state index contributed by atoms with van der Waals surface area (Å²) in [5.41, 5.74) is 2.38. The van der Waals surface area contributed by atoms with E-state index in [2.05, 4.69) is 10.3 Å². The van der Waals surface area contributed by atoms with Gasteiger partial charge in [0.1, 0.15) is 5.01 Å². The molecule has 1 amide bonds. The number of aryl methyl sites for hydroxylation is 1. The second kappa shape index (κ2) is 7.67. The van der Waals surface area contributed by atoms with Crippen molar-refractivity contribution in [2.75, 3.05) is 19.5 Å². The molecule has 0 aliphatic rings. The van der Waals surface area contributed by atoms with Crippen molar-refractivity contribution in [1.29, 1.82) is 0 Å². The number of hydrogen-bond acceptors (Lipinski definition) is 6. The van der Waals surface area contributed by atoms with Gasteiger partial charge in [-0.1, -0.05) is 6.07 Å². The number of ether oxygens (including phenoxy) is 2. The number of benzene rings is 1. The van der Waals surface area contributed by atoms with Crippen LogP contribution < -0.4 is 14.8 Å². The van der Waals surface area contributed by atoms with Gasteiger partial charge >= 0.3 is 0 Å². The molecule has 0 fully saturated rings. The minimum Gasteiger partial charge on any atom is -0.493 e. The molecule has 0 unspecified atom stereocenters. The summed E-state index contributed by atoms with van der Waals surface area (Å²) in [5.74, 6) is 1.11. The van der Waals surface area contributed by atoms with E-state index < -0.39 is 0 Å². The molecule has 0 spiro atoms. The number of thiophene rings is 1. The van der Waals surface area contributed by atoms with Crippen LogP contribution in [0.3, 0.4) is 0 Å². The second-order valence-electron chi connectivity index (χ2n) is 5.37. The average Bonchev–Trinajstić information content (AvgIpc) is 3.27. The van der Waals surface area contributed by atoms with Crippen LogP contribution in [-0.4, -0.2) is 25.1 Å². The van der Waals surface area contributed by atoms with Crippen LogP contribution in [0.1, 0.15) is 11.3 Å². The quantitative estimate of drug-likeness (QED) is 0.696. The predicted molar refractivity (Wildman–Crippen MR) is 102 cm³/mol. The van der Waals surface area contributed by atoms with Crippen LogP contribution in [0.15, 0.2) is 35.0 Å². The number of hydrogen-bond donors (Lipinski definition) is 1. The number of thiazole rings is 1. The van der Waals surface area contributed by atoms with Crippen molar-refractivity contribution in [3.63, 3.8) is 0 Å². The molecule has 2 heterocycles. The number of nitrogens with zero attached hydrogens (tertiary/aromatic N) is 1. The lowest BCUT2D eigenvalue weighted by Crippen LogP contribution is -2.15. The first-order chi connectivity index (χ1) is 12.1. The lowest BCUT2D eigenvalue weighted by atomic mass is 10.1. The average molecular weight is 374 g/mol. The molecule has 25 heavy (non-hydrogen) atoms.